The molecule has 1 heterocycles. The fourth-order valence-corrected chi connectivity index (χ4v) is 1.89. The van der Waals surface area contributed by atoms with E-state index in [-0.39, 0.29) is 0 Å². The van der Waals surface area contributed by atoms with E-state index in [4.69, 9.17) is 12.2 Å². The van der Waals surface area contributed by atoms with Crippen molar-refractivity contribution >= 4 is 45.2 Å². The van der Waals surface area contributed by atoms with Crippen molar-refractivity contribution in [1.82, 2.24) is 10.4 Å². The van der Waals surface area contributed by atoms with Crippen molar-refractivity contribution in [2.45, 2.75) is 0 Å². The second-order valence-electron chi connectivity index (χ2n) is 3.59. The second kappa shape index (κ2) is 6.96. The monoisotopic (exact) mass is 334 g/mol. The summed E-state index contributed by atoms with van der Waals surface area (Å²) in [6.45, 7) is 0. The van der Waals surface area contributed by atoms with Crippen LogP contribution in [0.4, 0.5) is 5.69 Å². The number of aromatic nitrogens is 1. The van der Waals surface area contributed by atoms with Crippen LogP contribution in [0, 0.1) is 0 Å². The molecule has 4 nitrogen and oxygen atoms in total. The molecule has 0 amide bonds. The Kier molecular flexibility index (Phi) is 5.00. The van der Waals surface area contributed by atoms with E-state index < -0.39 is 0 Å². The van der Waals surface area contributed by atoms with E-state index in [2.05, 4.69) is 36.8 Å². The fourth-order valence-electron chi connectivity index (χ4n) is 1.34. The molecule has 0 bridgehead atoms. The third-order valence-corrected chi connectivity index (χ3v) is 3.11. The van der Waals surface area contributed by atoms with Crippen LogP contribution in [0.5, 0.6) is 0 Å². The van der Waals surface area contributed by atoms with Crippen LogP contribution in [-0.4, -0.2) is 16.3 Å². The Bertz CT molecular complexity index is 586. The first-order valence-electron chi connectivity index (χ1n) is 5.50. The standard InChI is InChI=1S/C13H11BrN4S/c14-12-6-2-1-4-10(12)8-16-18-13(19)17-11-5-3-7-15-9-11/h1-9H,(H2,17,18,19)/b16-8+. The van der Waals surface area contributed by atoms with E-state index in [0.29, 0.717) is 5.11 Å². The molecular weight excluding hydrogens is 324 g/mol. The highest BCUT2D eigenvalue weighted by Crippen LogP contribution is 2.13. The lowest BCUT2D eigenvalue weighted by Gasteiger charge is -2.05. The van der Waals surface area contributed by atoms with Gasteiger partial charge in [0.2, 0.25) is 0 Å². The first kappa shape index (κ1) is 13.6. The summed E-state index contributed by atoms with van der Waals surface area (Å²) in [7, 11) is 0. The van der Waals surface area contributed by atoms with Crippen LogP contribution in [0.25, 0.3) is 0 Å². The number of benzene rings is 1. The molecule has 0 aliphatic heterocycles. The summed E-state index contributed by atoms with van der Waals surface area (Å²) in [6, 6.07) is 11.5. The van der Waals surface area contributed by atoms with Gasteiger partial charge >= 0.3 is 0 Å². The van der Waals surface area contributed by atoms with E-state index in [9.17, 15) is 0 Å². The number of anilines is 1. The number of halogens is 1. The van der Waals surface area contributed by atoms with Crippen LogP contribution < -0.4 is 10.7 Å². The summed E-state index contributed by atoms with van der Waals surface area (Å²) in [6.07, 6.45) is 5.08. The molecule has 2 N–H and O–H groups in total. The largest absolute Gasteiger partial charge is 0.330 e. The first-order valence-corrected chi connectivity index (χ1v) is 6.70. The van der Waals surface area contributed by atoms with Crippen LogP contribution in [-0.2, 0) is 0 Å². The van der Waals surface area contributed by atoms with E-state index in [1.54, 1.807) is 18.6 Å². The third kappa shape index (κ3) is 4.42. The Hall–Kier alpha value is -1.79. The third-order valence-electron chi connectivity index (χ3n) is 2.19. The van der Waals surface area contributed by atoms with Gasteiger partial charge in [-0.25, -0.2) is 0 Å². The number of nitrogens with zero attached hydrogens (tertiary/aromatic N) is 2. The van der Waals surface area contributed by atoms with Gasteiger partial charge < -0.3 is 5.32 Å². The van der Waals surface area contributed by atoms with E-state index in [1.807, 2.05) is 36.4 Å². The van der Waals surface area contributed by atoms with E-state index >= 15 is 0 Å². The molecule has 96 valence electrons. The van der Waals surface area contributed by atoms with Crippen LogP contribution >= 0.6 is 28.1 Å². The zero-order valence-electron chi connectivity index (χ0n) is 9.88. The number of nitrogens with one attached hydrogen (secondary N) is 2. The lowest BCUT2D eigenvalue weighted by Crippen LogP contribution is -2.23. The molecule has 0 aliphatic rings. The number of pyridine rings is 1. The zero-order chi connectivity index (χ0) is 13.5. The van der Waals surface area contributed by atoms with Gasteiger partial charge in [-0.1, -0.05) is 34.1 Å². The first-order chi connectivity index (χ1) is 9.25. The van der Waals surface area contributed by atoms with Crippen molar-refractivity contribution in [3.05, 3.63) is 58.8 Å². The maximum absolute atomic E-state index is 5.11. The number of thiocarbonyl (C=S) groups is 1. The van der Waals surface area contributed by atoms with Crippen LogP contribution in [0.15, 0.2) is 58.4 Å². The Morgan fingerprint density at radius 1 is 1.26 bits per heavy atom. The average Bonchev–Trinajstić information content (AvgIpc) is 2.42. The Balaban J connectivity index is 1.89. The molecule has 6 heteroatoms. The molecule has 0 saturated heterocycles. The van der Waals surface area contributed by atoms with Crippen molar-refractivity contribution in [2.24, 2.45) is 5.10 Å². The van der Waals surface area contributed by atoms with Crippen molar-refractivity contribution in [2.75, 3.05) is 5.32 Å². The predicted molar refractivity (Wildman–Crippen MR) is 85.3 cm³/mol. The summed E-state index contributed by atoms with van der Waals surface area (Å²) in [5.41, 5.74) is 4.54. The smallest absolute Gasteiger partial charge is 0.191 e. The number of rotatable bonds is 3. The highest BCUT2D eigenvalue weighted by molar-refractivity contribution is 9.10. The second-order valence-corrected chi connectivity index (χ2v) is 4.85. The topological polar surface area (TPSA) is 49.3 Å². The van der Waals surface area contributed by atoms with Crippen molar-refractivity contribution in [3.8, 4) is 0 Å². The fraction of sp³-hybridized carbons (Fsp3) is 0. The Morgan fingerprint density at radius 2 is 2.11 bits per heavy atom. The molecule has 0 atom stereocenters. The molecule has 1 aromatic heterocycles. The summed E-state index contributed by atoms with van der Waals surface area (Å²) in [5.74, 6) is 0. The lowest BCUT2D eigenvalue weighted by molar-refractivity contribution is 1.05. The van der Waals surface area contributed by atoms with Gasteiger partial charge in [0.05, 0.1) is 18.1 Å². The minimum absolute atomic E-state index is 0.413. The summed E-state index contributed by atoms with van der Waals surface area (Å²) in [5, 5.41) is 7.46. The van der Waals surface area contributed by atoms with Gasteiger partial charge in [0.1, 0.15) is 0 Å². The molecule has 0 radical (unpaired) electrons. The molecule has 1 aromatic carbocycles. The van der Waals surface area contributed by atoms with Crippen molar-refractivity contribution in [1.29, 1.82) is 0 Å². The van der Waals surface area contributed by atoms with Gasteiger partial charge in [0.25, 0.3) is 0 Å². The number of hydrazone groups is 1. The lowest BCUT2D eigenvalue weighted by atomic mass is 10.2. The number of hydrogen-bond donors (Lipinski definition) is 2. The normalized spacial score (nSPS) is 10.4. The van der Waals surface area contributed by atoms with Crippen LogP contribution in [0.2, 0.25) is 0 Å². The van der Waals surface area contributed by atoms with E-state index in [1.165, 1.54) is 0 Å². The van der Waals surface area contributed by atoms with Gasteiger partial charge in [-0.2, -0.15) is 5.10 Å². The van der Waals surface area contributed by atoms with Gasteiger partial charge in [0, 0.05) is 16.2 Å². The molecule has 2 rings (SSSR count). The minimum Gasteiger partial charge on any atom is -0.330 e. The molecule has 19 heavy (non-hydrogen) atoms. The van der Waals surface area contributed by atoms with Crippen molar-refractivity contribution < 1.29 is 0 Å². The van der Waals surface area contributed by atoms with Gasteiger partial charge in [0.15, 0.2) is 5.11 Å². The maximum Gasteiger partial charge on any atom is 0.191 e. The highest BCUT2D eigenvalue weighted by atomic mass is 79.9. The number of hydrogen-bond acceptors (Lipinski definition) is 3. The van der Waals surface area contributed by atoms with Gasteiger partial charge in [-0.05, 0) is 30.4 Å². The molecule has 2 aromatic rings. The molecular formula is C13H11BrN4S. The van der Waals surface area contributed by atoms with Crippen LogP contribution in [0.3, 0.4) is 0 Å². The minimum atomic E-state index is 0.413. The van der Waals surface area contributed by atoms with Gasteiger partial charge in [-0.15, -0.1) is 0 Å². The Labute approximate surface area is 125 Å². The van der Waals surface area contributed by atoms with Crippen molar-refractivity contribution in [3.63, 3.8) is 0 Å². The molecule has 0 spiro atoms. The van der Waals surface area contributed by atoms with Gasteiger partial charge in [-0.3, -0.25) is 10.4 Å². The average molecular weight is 335 g/mol. The molecule has 0 saturated carbocycles. The molecule has 0 unspecified atom stereocenters. The molecule has 0 fully saturated rings. The summed E-state index contributed by atoms with van der Waals surface area (Å²) in [4.78, 5) is 3.98. The summed E-state index contributed by atoms with van der Waals surface area (Å²) < 4.78 is 0.978. The van der Waals surface area contributed by atoms with Crippen LogP contribution in [0.1, 0.15) is 5.56 Å². The highest BCUT2D eigenvalue weighted by Gasteiger charge is 1.96. The zero-order valence-corrected chi connectivity index (χ0v) is 12.3. The quantitative estimate of drug-likeness (QED) is 0.514. The summed E-state index contributed by atoms with van der Waals surface area (Å²) >= 11 is 8.55. The maximum atomic E-state index is 5.11. The predicted octanol–water partition coefficient (Wildman–Crippen LogP) is 3.16. The Morgan fingerprint density at radius 3 is 2.84 bits per heavy atom. The molecule has 0 aliphatic carbocycles. The SMILES string of the molecule is S=C(N/N=C/c1ccccc1Br)Nc1cccnc1. The van der Waals surface area contributed by atoms with E-state index in [0.717, 1.165) is 15.7 Å².